The molecule has 7 nitrogen and oxygen atoms in total. The molecule has 0 bridgehead atoms. The zero-order valence-corrected chi connectivity index (χ0v) is 15.1. The van der Waals surface area contributed by atoms with Crippen LogP contribution >= 0.6 is 0 Å². The van der Waals surface area contributed by atoms with Gasteiger partial charge in [0.1, 0.15) is 23.7 Å². The van der Waals surface area contributed by atoms with Gasteiger partial charge >= 0.3 is 0 Å². The van der Waals surface area contributed by atoms with Gasteiger partial charge in [-0.05, 0) is 38.3 Å². The van der Waals surface area contributed by atoms with Gasteiger partial charge in [0.25, 0.3) is 5.91 Å². The smallest absolute Gasteiger partial charge is 0.258 e. The van der Waals surface area contributed by atoms with Crippen LogP contribution < -0.4 is 4.90 Å². The van der Waals surface area contributed by atoms with Crippen molar-refractivity contribution in [2.45, 2.75) is 32.7 Å². The van der Waals surface area contributed by atoms with Crippen LogP contribution in [0.5, 0.6) is 0 Å². The van der Waals surface area contributed by atoms with E-state index >= 15 is 0 Å². The maximum atomic E-state index is 13.2. The van der Waals surface area contributed by atoms with Gasteiger partial charge in [0.05, 0.1) is 23.8 Å². The fraction of sp³-hybridized carbons (Fsp3) is 0.421. The van der Waals surface area contributed by atoms with Crippen LogP contribution in [-0.2, 0) is 6.54 Å². The Bertz CT molecular complexity index is 910. The maximum Gasteiger partial charge on any atom is 0.258 e. The molecule has 136 valence electrons. The first-order valence-electron chi connectivity index (χ1n) is 8.92. The molecule has 0 unspecified atom stereocenters. The third-order valence-electron chi connectivity index (χ3n) is 4.83. The van der Waals surface area contributed by atoms with Gasteiger partial charge in [-0.25, -0.2) is 9.97 Å². The quantitative estimate of drug-likeness (QED) is 0.715. The lowest BCUT2D eigenvalue weighted by molar-refractivity contribution is 0.0775. The van der Waals surface area contributed by atoms with Crippen molar-refractivity contribution in [3.05, 3.63) is 41.8 Å². The number of nitrogens with zero attached hydrogens (tertiary/aromatic N) is 4. The average molecular weight is 354 g/mol. The van der Waals surface area contributed by atoms with Crippen molar-refractivity contribution in [3.63, 3.8) is 0 Å². The van der Waals surface area contributed by atoms with Crippen LogP contribution in [0.25, 0.3) is 11.1 Å². The minimum atomic E-state index is -0.120. The normalized spacial score (nSPS) is 14.8. The highest BCUT2D eigenvalue weighted by Crippen LogP contribution is 2.33. The van der Waals surface area contributed by atoms with E-state index in [9.17, 15) is 4.79 Å². The van der Waals surface area contributed by atoms with Gasteiger partial charge in [-0.2, -0.15) is 0 Å². The number of piperidine rings is 1. The summed E-state index contributed by atoms with van der Waals surface area (Å²) >= 11 is 0. The first-order valence-corrected chi connectivity index (χ1v) is 8.92. The third kappa shape index (κ3) is 2.94. The highest BCUT2D eigenvalue weighted by Gasteiger charge is 2.27. The topological polar surface area (TPSA) is 75.6 Å². The molecule has 1 fully saturated rings. The Hall–Kier alpha value is -2.83. The molecule has 0 N–H and O–H groups in total. The molecule has 0 radical (unpaired) electrons. The fourth-order valence-corrected chi connectivity index (χ4v) is 3.53. The molecular formula is C19H22N4O3. The van der Waals surface area contributed by atoms with Gasteiger partial charge in [-0.15, -0.1) is 0 Å². The number of amides is 1. The number of furan rings is 2. The molecule has 3 aromatic rings. The monoisotopic (exact) mass is 354 g/mol. The second-order valence-electron chi connectivity index (χ2n) is 6.70. The third-order valence-corrected chi connectivity index (χ3v) is 4.83. The maximum absolute atomic E-state index is 13.2. The van der Waals surface area contributed by atoms with Crippen molar-refractivity contribution in [1.29, 1.82) is 0 Å². The van der Waals surface area contributed by atoms with Crippen LogP contribution in [0.1, 0.15) is 41.1 Å². The molecule has 1 saturated heterocycles. The Balaban J connectivity index is 1.74. The molecule has 7 heteroatoms. The highest BCUT2D eigenvalue weighted by atomic mass is 16.3. The van der Waals surface area contributed by atoms with Crippen molar-refractivity contribution in [2.75, 3.05) is 25.0 Å². The van der Waals surface area contributed by atoms with Crippen LogP contribution in [0.4, 0.5) is 5.82 Å². The van der Waals surface area contributed by atoms with Crippen LogP contribution in [0.3, 0.4) is 0 Å². The summed E-state index contributed by atoms with van der Waals surface area (Å²) in [6.45, 7) is 4.07. The Morgan fingerprint density at radius 1 is 1.27 bits per heavy atom. The molecule has 4 heterocycles. The van der Waals surface area contributed by atoms with Gasteiger partial charge < -0.3 is 18.6 Å². The van der Waals surface area contributed by atoms with Crippen molar-refractivity contribution in [1.82, 2.24) is 14.9 Å². The summed E-state index contributed by atoms with van der Waals surface area (Å²) in [6.07, 6.45) is 6.60. The van der Waals surface area contributed by atoms with E-state index in [2.05, 4.69) is 14.9 Å². The van der Waals surface area contributed by atoms with E-state index in [0.29, 0.717) is 29.0 Å². The molecule has 26 heavy (non-hydrogen) atoms. The first kappa shape index (κ1) is 16.6. The lowest BCUT2D eigenvalue weighted by Gasteiger charge is -2.28. The molecule has 1 aliphatic rings. The highest BCUT2D eigenvalue weighted by molar-refractivity contribution is 6.10. The molecule has 0 aliphatic carbocycles. The summed E-state index contributed by atoms with van der Waals surface area (Å²) in [5, 5.41) is 0.711. The zero-order valence-electron chi connectivity index (χ0n) is 15.1. The summed E-state index contributed by atoms with van der Waals surface area (Å²) in [6, 6.07) is 3.67. The number of hydrogen-bond donors (Lipinski definition) is 0. The first-order chi connectivity index (χ1) is 12.6. The van der Waals surface area contributed by atoms with E-state index in [4.69, 9.17) is 8.83 Å². The van der Waals surface area contributed by atoms with Crippen LogP contribution in [0.15, 0.2) is 33.6 Å². The standard InChI is InChI=1S/C19H22N4O3/c1-13-15(19(24)22(2)11-14-7-6-10-25-14)16-17(20-12-21-18(16)26-13)23-8-4-3-5-9-23/h6-7,10,12H,3-5,8-9,11H2,1-2H3. The van der Waals surface area contributed by atoms with Crippen LogP contribution in [0, 0.1) is 6.92 Å². The Kier molecular flexibility index (Phi) is 4.36. The van der Waals surface area contributed by atoms with Gasteiger partial charge in [0.15, 0.2) is 0 Å². The number of aryl methyl sites for hydroxylation is 1. The fourth-order valence-electron chi connectivity index (χ4n) is 3.53. The summed E-state index contributed by atoms with van der Waals surface area (Å²) in [5.74, 6) is 1.97. The molecule has 4 rings (SSSR count). The summed E-state index contributed by atoms with van der Waals surface area (Å²) < 4.78 is 11.1. The molecule has 1 amide bonds. The zero-order chi connectivity index (χ0) is 18.1. The number of carbonyl (C=O) groups is 1. The van der Waals surface area contributed by atoms with Crippen molar-refractivity contribution in [2.24, 2.45) is 0 Å². The Labute approximate surface area is 151 Å². The second-order valence-corrected chi connectivity index (χ2v) is 6.70. The van der Waals surface area contributed by atoms with Crippen molar-refractivity contribution in [3.8, 4) is 0 Å². The second kappa shape index (κ2) is 6.82. The van der Waals surface area contributed by atoms with E-state index in [1.54, 1.807) is 25.1 Å². The molecule has 0 spiro atoms. The van der Waals surface area contributed by atoms with Crippen molar-refractivity contribution >= 4 is 22.8 Å². The predicted molar refractivity (Wildman–Crippen MR) is 97.1 cm³/mol. The lowest BCUT2D eigenvalue weighted by Crippen LogP contribution is -2.31. The lowest BCUT2D eigenvalue weighted by atomic mass is 10.1. The van der Waals surface area contributed by atoms with Gasteiger partial charge in [-0.3, -0.25) is 4.79 Å². The molecule has 0 saturated carbocycles. The summed E-state index contributed by atoms with van der Waals surface area (Å²) in [4.78, 5) is 25.7. The number of aromatic nitrogens is 2. The number of carbonyl (C=O) groups excluding carboxylic acids is 1. The average Bonchev–Trinajstić information content (AvgIpc) is 3.28. The number of hydrogen-bond acceptors (Lipinski definition) is 6. The summed E-state index contributed by atoms with van der Waals surface area (Å²) in [7, 11) is 1.76. The minimum absolute atomic E-state index is 0.120. The Morgan fingerprint density at radius 3 is 2.81 bits per heavy atom. The van der Waals surface area contributed by atoms with E-state index in [1.807, 2.05) is 12.1 Å². The molecule has 1 aliphatic heterocycles. The summed E-state index contributed by atoms with van der Waals surface area (Å²) in [5.41, 5.74) is 1.00. The largest absolute Gasteiger partial charge is 0.467 e. The number of rotatable bonds is 4. The van der Waals surface area contributed by atoms with Gasteiger partial charge in [0.2, 0.25) is 5.71 Å². The number of fused-ring (bicyclic) bond motifs is 1. The SMILES string of the molecule is Cc1oc2ncnc(N3CCCCC3)c2c1C(=O)N(C)Cc1ccco1. The molecule has 0 aromatic carbocycles. The van der Waals surface area contributed by atoms with E-state index < -0.39 is 0 Å². The Morgan fingerprint density at radius 2 is 2.08 bits per heavy atom. The number of anilines is 1. The van der Waals surface area contributed by atoms with E-state index in [-0.39, 0.29) is 5.91 Å². The molecule has 3 aromatic heterocycles. The molecular weight excluding hydrogens is 332 g/mol. The van der Waals surface area contributed by atoms with E-state index in [0.717, 1.165) is 37.5 Å². The van der Waals surface area contributed by atoms with Gasteiger partial charge in [-0.1, -0.05) is 0 Å². The van der Waals surface area contributed by atoms with E-state index in [1.165, 1.54) is 12.7 Å². The minimum Gasteiger partial charge on any atom is -0.467 e. The predicted octanol–water partition coefficient (Wildman–Crippen LogP) is 3.39. The van der Waals surface area contributed by atoms with Gasteiger partial charge in [0, 0.05) is 20.1 Å². The van der Waals surface area contributed by atoms with Crippen LogP contribution in [0.2, 0.25) is 0 Å². The van der Waals surface area contributed by atoms with Crippen LogP contribution in [-0.4, -0.2) is 40.9 Å². The van der Waals surface area contributed by atoms with Crippen molar-refractivity contribution < 1.29 is 13.6 Å². The molecule has 0 atom stereocenters.